The molecule has 22 heavy (non-hydrogen) atoms. The molecule has 5 heteroatoms. The van der Waals surface area contributed by atoms with Gasteiger partial charge in [0, 0.05) is 58.5 Å². The van der Waals surface area contributed by atoms with Gasteiger partial charge in [0.2, 0.25) is 0 Å². The minimum Gasteiger partial charge on any atom is -0.396 e. The van der Waals surface area contributed by atoms with Crippen molar-refractivity contribution in [1.82, 2.24) is 9.80 Å². The maximum absolute atomic E-state index is 9.85. The first kappa shape index (κ1) is 16.7. The highest BCUT2D eigenvalue weighted by Gasteiger charge is 2.47. The van der Waals surface area contributed by atoms with Crippen LogP contribution < -0.4 is 0 Å². The fourth-order valence-electron chi connectivity index (χ4n) is 4.74. The molecule has 3 saturated heterocycles. The van der Waals surface area contributed by atoms with E-state index in [-0.39, 0.29) is 0 Å². The van der Waals surface area contributed by atoms with Crippen LogP contribution in [0, 0.1) is 11.3 Å². The summed E-state index contributed by atoms with van der Waals surface area (Å²) in [5.41, 5.74) is 0.337. The van der Waals surface area contributed by atoms with Crippen molar-refractivity contribution in [2.45, 2.75) is 31.7 Å². The first-order valence-electron chi connectivity index (χ1n) is 8.91. The lowest BCUT2D eigenvalue weighted by Crippen LogP contribution is -2.49. The van der Waals surface area contributed by atoms with Crippen LogP contribution in [0.5, 0.6) is 0 Å². The van der Waals surface area contributed by atoms with Crippen LogP contribution in [0.2, 0.25) is 0 Å². The van der Waals surface area contributed by atoms with Crippen molar-refractivity contribution in [3.8, 4) is 0 Å². The molecule has 1 N–H and O–H groups in total. The number of likely N-dealkylation sites (tertiary alicyclic amines) is 2. The first-order chi connectivity index (χ1) is 10.8. The molecule has 0 aromatic carbocycles. The monoisotopic (exact) mass is 312 g/mol. The fourth-order valence-corrected chi connectivity index (χ4v) is 4.74. The summed E-state index contributed by atoms with van der Waals surface area (Å²) in [5, 5.41) is 9.85. The normalized spacial score (nSPS) is 31.1. The zero-order valence-corrected chi connectivity index (χ0v) is 14.0. The number of aliphatic hydroxyl groups is 1. The molecule has 0 aromatic rings. The highest BCUT2D eigenvalue weighted by Crippen LogP contribution is 2.45. The number of nitrogens with zero attached hydrogens (tertiary/aromatic N) is 2. The van der Waals surface area contributed by atoms with E-state index in [1.807, 2.05) is 0 Å². The Morgan fingerprint density at radius 3 is 2.59 bits per heavy atom. The molecular formula is C17H32N2O3. The zero-order valence-electron chi connectivity index (χ0n) is 14.0. The second-order valence-corrected chi connectivity index (χ2v) is 7.35. The van der Waals surface area contributed by atoms with Gasteiger partial charge in [-0.3, -0.25) is 0 Å². The average molecular weight is 312 g/mol. The molecule has 3 fully saturated rings. The van der Waals surface area contributed by atoms with Gasteiger partial charge in [-0.25, -0.2) is 0 Å². The Labute approximate surface area is 134 Å². The third-order valence-corrected chi connectivity index (χ3v) is 6.22. The Bertz CT molecular complexity index is 339. The predicted octanol–water partition coefficient (Wildman–Crippen LogP) is 0.818. The zero-order chi connectivity index (χ0) is 15.4. The molecule has 1 spiro atoms. The van der Waals surface area contributed by atoms with Crippen molar-refractivity contribution >= 4 is 0 Å². The van der Waals surface area contributed by atoms with Crippen molar-refractivity contribution in [1.29, 1.82) is 0 Å². The van der Waals surface area contributed by atoms with Crippen LogP contribution in [0.4, 0.5) is 0 Å². The van der Waals surface area contributed by atoms with Gasteiger partial charge in [0.05, 0.1) is 6.61 Å². The first-order valence-corrected chi connectivity index (χ1v) is 8.91. The molecule has 0 radical (unpaired) electrons. The van der Waals surface area contributed by atoms with Crippen molar-refractivity contribution in [2.24, 2.45) is 11.3 Å². The van der Waals surface area contributed by atoms with E-state index in [4.69, 9.17) is 9.47 Å². The van der Waals surface area contributed by atoms with Crippen LogP contribution >= 0.6 is 0 Å². The number of ether oxygens (including phenoxy) is 2. The molecule has 3 aliphatic heterocycles. The Kier molecular flexibility index (Phi) is 5.74. The quantitative estimate of drug-likeness (QED) is 0.814. The smallest absolute Gasteiger partial charge is 0.0589 e. The molecule has 5 nitrogen and oxygen atoms in total. The van der Waals surface area contributed by atoms with Crippen LogP contribution in [0.1, 0.15) is 25.7 Å². The van der Waals surface area contributed by atoms with E-state index in [2.05, 4.69) is 9.80 Å². The second-order valence-electron chi connectivity index (χ2n) is 7.35. The van der Waals surface area contributed by atoms with Crippen molar-refractivity contribution in [2.75, 3.05) is 66.3 Å². The lowest BCUT2D eigenvalue weighted by molar-refractivity contribution is -0.00760. The molecule has 1 atom stereocenters. The van der Waals surface area contributed by atoms with Crippen molar-refractivity contribution in [3.05, 3.63) is 0 Å². The summed E-state index contributed by atoms with van der Waals surface area (Å²) in [5.74, 6) is 0.446. The van der Waals surface area contributed by atoms with Gasteiger partial charge in [0.1, 0.15) is 0 Å². The summed E-state index contributed by atoms with van der Waals surface area (Å²) in [4.78, 5) is 5.18. The van der Waals surface area contributed by atoms with E-state index < -0.39 is 0 Å². The highest BCUT2D eigenvalue weighted by atomic mass is 16.5. The molecule has 3 aliphatic rings. The Hall–Kier alpha value is -0.200. The lowest BCUT2D eigenvalue weighted by atomic mass is 9.71. The number of aliphatic hydroxyl groups excluding tert-OH is 1. The van der Waals surface area contributed by atoms with Crippen LogP contribution in [0.25, 0.3) is 0 Å². The van der Waals surface area contributed by atoms with Crippen molar-refractivity contribution < 1.29 is 14.6 Å². The average Bonchev–Trinajstić information content (AvgIpc) is 2.92. The molecule has 3 rings (SSSR count). The van der Waals surface area contributed by atoms with Crippen LogP contribution in [-0.4, -0.2) is 87.2 Å². The topological polar surface area (TPSA) is 45.2 Å². The summed E-state index contributed by atoms with van der Waals surface area (Å²) < 4.78 is 10.7. The third kappa shape index (κ3) is 3.49. The van der Waals surface area contributed by atoms with Crippen molar-refractivity contribution in [3.63, 3.8) is 0 Å². The minimum absolute atomic E-state index is 0.334. The van der Waals surface area contributed by atoms with E-state index >= 15 is 0 Å². The van der Waals surface area contributed by atoms with Gasteiger partial charge in [-0.05, 0) is 44.2 Å². The van der Waals surface area contributed by atoms with E-state index in [1.165, 1.54) is 38.8 Å². The molecule has 128 valence electrons. The summed E-state index contributed by atoms with van der Waals surface area (Å²) in [6, 6.07) is 0.727. The van der Waals surface area contributed by atoms with Gasteiger partial charge in [-0.2, -0.15) is 0 Å². The van der Waals surface area contributed by atoms with Gasteiger partial charge in [-0.1, -0.05) is 0 Å². The highest BCUT2D eigenvalue weighted by molar-refractivity contribution is 5.00. The third-order valence-electron chi connectivity index (χ3n) is 6.22. The minimum atomic E-state index is 0.334. The predicted molar refractivity (Wildman–Crippen MR) is 86.0 cm³/mol. The molecular weight excluding hydrogens is 280 g/mol. The largest absolute Gasteiger partial charge is 0.396 e. The molecule has 0 saturated carbocycles. The summed E-state index contributed by atoms with van der Waals surface area (Å²) >= 11 is 0. The molecule has 0 amide bonds. The van der Waals surface area contributed by atoms with Gasteiger partial charge < -0.3 is 24.4 Å². The number of piperidine rings is 1. The Morgan fingerprint density at radius 1 is 1.23 bits per heavy atom. The maximum Gasteiger partial charge on any atom is 0.0589 e. The molecule has 1 unspecified atom stereocenters. The lowest BCUT2D eigenvalue weighted by Gasteiger charge is -2.45. The van der Waals surface area contributed by atoms with Crippen LogP contribution in [0.15, 0.2) is 0 Å². The number of methoxy groups -OCH3 is 1. The maximum atomic E-state index is 9.85. The van der Waals surface area contributed by atoms with Crippen LogP contribution in [0.3, 0.4) is 0 Å². The molecule has 3 heterocycles. The van der Waals surface area contributed by atoms with Gasteiger partial charge in [0.15, 0.2) is 0 Å². The number of hydrogen-bond acceptors (Lipinski definition) is 5. The van der Waals surface area contributed by atoms with E-state index in [0.717, 1.165) is 45.5 Å². The molecule has 0 aromatic heterocycles. The number of rotatable bonds is 5. The Balaban J connectivity index is 1.55. The summed E-state index contributed by atoms with van der Waals surface area (Å²) in [6.07, 6.45) is 4.85. The van der Waals surface area contributed by atoms with Crippen LogP contribution in [-0.2, 0) is 9.47 Å². The Morgan fingerprint density at radius 2 is 1.95 bits per heavy atom. The van der Waals surface area contributed by atoms with Gasteiger partial charge >= 0.3 is 0 Å². The molecule has 0 aliphatic carbocycles. The summed E-state index contributed by atoms with van der Waals surface area (Å²) in [7, 11) is 1.77. The number of hydrogen-bond donors (Lipinski definition) is 1. The second kappa shape index (κ2) is 7.58. The SMILES string of the molecule is COCCN1CC(CO)C2(CCN(C3CCOCC3)CC2)C1. The van der Waals surface area contributed by atoms with Gasteiger partial charge in [-0.15, -0.1) is 0 Å². The van der Waals surface area contributed by atoms with E-state index in [1.54, 1.807) is 7.11 Å². The van der Waals surface area contributed by atoms with E-state index in [0.29, 0.717) is 17.9 Å². The molecule has 0 bridgehead atoms. The summed E-state index contributed by atoms with van der Waals surface area (Å²) in [6.45, 7) is 8.55. The van der Waals surface area contributed by atoms with E-state index in [9.17, 15) is 5.11 Å². The van der Waals surface area contributed by atoms with Gasteiger partial charge in [0.25, 0.3) is 0 Å². The fraction of sp³-hybridized carbons (Fsp3) is 1.00. The standard InChI is InChI=1S/C17H32N2O3/c1-21-11-8-18-12-15(13-20)17(14-18)4-6-19(7-5-17)16-2-9-22-10-3-16/h15-16,20H,2-14H2,1H3.